The van der Waals surface area contributed by atoms with Crippen LogP contribution in [-0.2, 0) is 20.9 Å². The molecule has 0 spiro atoms. The van der Waals surface area contributed by atoms with E-state index in [0.717, 1.165) is 34.2 Å². The highest BCUT2D eigenvalue weighted by molar-refractivity contribution is 5.86. The van der Waals surface area contributed by atoms with Crippen LogP contribution in [0.3, 0.4) is 0 Å². The molecule has 0 aromatic heterocycles. The molecule has 2 saturated carbocycles. The average Bonchev–Trinajstić information content (AvgIpc) is 3.49. The van der Waals surface area contributed by atoms with E-state index in [1.807, 2.05) is 66.5 Å². The molecule has 3 aliphatic rings. The van der Waals surface area contributed by atoms with Gasteiger partial charge in [-0.1, -0.05) is 78.9 Å². The summed E-state index contributed by atoms with van der Waals surface area (Å²) >= 11 is 0. The molecule has 5 atom stereocenters. The maximum absolute atomic E-state index is 13.5. The van der Waals surface area contributed by atoms with E-state index in [-0.39, 0.29) is 36.3 Å². The highest BCUT2D eigenvalue weighted by Crippen LogP contribution is 2.50. The fourth-order valence-corrected chi connectivity index (χ4v) is 7.13. The third-order valence-electron chi connectivity index (χ3n) is 9.24. The summed E-state index contributed by atoms with van der Waals surface area (Å²) in [5.41, 5.74) is 5.65. The smallest absolute Gasteiger partial charge is 0.407 e. The zero-order valence-corrected chi connectivity index (χ0v) is 23.7. The quantitative estimate of drug-likeness (QED) is 0.330. The summed E-state index contributed by atoms with van der Waals surface area (Å²) in [5.74, 6) is -0.934. The number of hydrogen-bond donors (Lipinski definition) is 3. The van der Waals surface area contributed by atoms with Crippen LogP contribution in [0.2, 0.25) is 0 Å². The Morgan fingerprint density at radius 3 is 2.21 bits per heavy atom. The Labute approximate surface area is 246 Å². The molecule has 0 radical (unpaired) electrons. The summed E-state index contributed by atoms with van der Waals surface area (Å²) in [7, 11) is 1.92. The van der Waals surface area contributed by atoms with Crippen molar-refractivity contribution in [2.24, 2.45) is 17.8 Å². The first-order valence-electron chi connectivity index (χ1n) is 14.7. The minimum absolute atomic E-state index is 0.0712. The van der Waals surface area contributed by atoms with Gasteiger partial charge in [0.15, 0.2) is 0 Å². The number of nitrogens with zero attached hydrogens (tertiary/aromatic N) is 1. The van der Waals surface area contributed by atoms with E-state index in [9.17, 15) is 19.5 Å². The van der Waals surface area contributed by atoms with Gasteiger partial charge in [0.05, 0.1) is 5.92 Å². The van der Waals surface area contributed by atoms with E-state index >= 15 is 0 Å². The second-order valence-electron chi connectivity index (χ2n) is 12.0. The Morgan fingerprint density at radius 1 is 0.905 bits per heavy atom. The van der Waals surface area contributed by atoms with E-state index in [1.165, 1.54) is 0 Å². The van der Waals surface area contributed by atoms with Gasteiger partial charge in [0.1, 0.15) is 12.6 Å². The van der Waals surface area contributed by atoms with Crippen LogP contribution in [0, 0.1) is 17.8 Å². The number of likely N-dealkylation sites (N-methyl/N-ethyl adjacent to an activating group) is 1. The predicted molar refractivity (Wildman–Crippen MR) is 159 cm³/mol. The number of benzene rings is 3. The van der Waals surface area contributed by atoms with Gasteiger partial charge in [-0.05, 0) is 66.0 Å². The molecule has 3 aromatic rings. The standard InChI is InChI=1S/C34H37N3O5/c1-37(18-21-9-3-2-4-10-21)19-31(32(38)35-30-17-22-15-23(33(39)40)16-28(22)30)36-34(41)42-20-29-26-13-7-5-11-24(26)25-12-6-8-14-27(25)29/h2-14,22-23,28-31H,15-20H2,1H3,(H,35,38)(H,36,41)(H,39,40)/t22-,23?,28-,30+,31?/m1/s1. The van der Waals surface area contributed by atoms with Gasteiger partial charge in [0.25, 0.3) is 0 Å². The molecule has 218 valence electrons. The molecule has 42 heavy (non-hydrogen) atoms. The first-order valence-corrected chi connectivity index (χ1v) is 14.7. The number of carbonyl (C=O) groups excluding carboxylic acids is 2. The van der Waals surface area contributed by atoms with Crippen LogP contribution in [0.5, 0.6) is 0 Å². The fourth-order valence-electron chi connectivity index (χ4n) is 7.13. The van der Waals surface area contributed by atoms with Crippen LogP contribution in [0.4, 0.5) is 4.79 Å². The van der Waals surface area contributed by atoms with Gasteiger partial charge in [-0.2, -0.15) is 0 Å². The van der Waals surface area contributed by atoms with Gasteiger partial charge in [0.2, 0.25) is 5.91 Å². The molecule has 2 fully saturated rings. The maximum Gasteiger partial charge on any atom is 0.407 e. The summed E-state index contributed by atoms with van der Waals surface area (Å²) in [6.45, 7) is 1.08. The maximum atomic E-state index is 13.5. The van der Waals surface area contributed by atoms with Gasteiger partial charge in [-0.15, -0.1) is 0 Å². The summed E-state index contributed by atoms with van der Waals surface area (Å²) in [6, 6.07) is 25.4. The van der Waals surface area contributed by atoms with Crippen molar-refractivity contribution in [1.29, 1.82) is 0 Å². The normalized spacial score (nSPS) is 22.8. The van der Waals surface area contributed by atoms with Crippen molar-refractivity contribution in [3.05, 3.63) is 95.6 Å². The van der Waals surface area contributed by atoms with Gasteiger partial charge < -0.3 is 20.5 Å². The Hall–Kier alpha value is -4.17. The van der Waals surface area contributed by atoms with Crippen LogP contribution in [0.25, 0.3) is 11.1 Å². The van der Waals surface area contributed by atoms with E-state index in [1.54, 1.807) is 0 Å². The van der Waals surface area contributed by atoms with Gasteiger partial charge in [0, 0.05) is 25.0 Å². The molecular weight excluding hydrogens is 530 g/mol. The van der Waals surface area contributed by atoms with E-state index in [4.69, 9.17) is 4.74 Å². The number of carboxylic acid groups (broad SMARTS) is 1. The van der Waals surface area contributed by atoms with Crippen molar-refractivity contribution in [2.45, 2.75) is 43.8 Å². The lowest BCUT2D eigenvalue weighted by atomic mass is 9.71. The fraction of sp³-hybridized carbons (Fsp3) is 0.382. The third kappa shape index (κ3) is 5.77. The molecular formula is C34H37N3O5. The summed E-state index contributed by atoms with van der Waals surface area (Å²) < 4.78 is 5.76. The van der Waals surface area contributed by atoms with Gasteiger partial charge >= 0.3 is 12.1 Å². The first-order chi connectivity index (χ1) is 20.4. The van der Waals surface area contributed by atoms with Crippen molar-refractivity contribution in [1.82, 2.24) is 15.5 Å². The van der Waals surface area contributed by atoms with Crippen molar-refractivity contribution >= 4 is 18.0 Å². The van der Waals surface area contributed by atoms with Gasteiger partial charge in [-0.25, -0.2) is 4.79 Å². The minimum Gasteiger partial charge on any atom is -0.481 e. The van der Waals surface area contributed by atoms with Crippen molar-refractivity contribution in [3.63, 3.8) is 0 Å². The second-order valence-corrected chi connectivity index (χ2v) is 12.0. The molecule has 0 heterocycles. The molecule has 3 N–H and O–H groups in total. The number of ether oxygens (including phenoxy) is 1. The number of carbonyl (C=O) groups is 3. The molecule has 3 aliphatic carbocycles. The second kappa shape index (κ2) is 12.0. The number of hydrogen-bond acceptors (Lipinski definition) is 5. The predicted octanol–water partition coefficient (Wildman–Crippen LogP) is 4.64. The summed E-state index contributed by atoms with van der Waals surface area (Å²) in [6.07, 6.45) is 1.40. The number of carboxylic acids is 1. The number of fused-ring (bicyclic) bond motifs is 4. The summed E-state index contributed by atoms with van der Waals surface area (Å²) in [5, 5.41) is 15.4. The number of rotatable bonds is 10. The molecule has 8 nitrogen and oxygen atoms in total. The molecule has 0 aliphatic heterocycles. The highest BCUT2D eigenvalue weighted by Gasteiger charge is 2.50. The lowest BCUT2D eigenvalue weighted by Gasteiger charge is -2.41. The number of amides is 2. The highest BCUT2D eigenvalue weighted by atomic mass is 16.5. The molecule has 0 bridgehead atoms. The Bertz CT molecular complexity index is 1410. The Kier molecular flexibility index (Phi) is 7.98. The van der Waals surface area contributed by atoms with Crippen LogP contribution in [-0.4, -0.2) is 60.3 Å². The molecule has 3 aromatic carbocycles. The minimum atomic E-state index is -0.829. The van der Waals surface area contributed by atoms with Crippen LogP contribution in [0.1, 0.15) is 41.9 Å². The largest absolute Gasteiger partial charge is 0.481 e. The van der Waals surface area contributed by atoms with Crippen molar-refractivity contribution in [2.75, 3.05) is 20.2 Å². The molecule has 6 rings (SSSR count). The zero-order valence-electron chi connectivity index (χ0n) is 23.7. The Morgan fingerprint density at radius 2 is 1.55 bits per heavy atom. The monoisotopic (exact) mass is 567 g/mol. The van der Waals surface area contributed by atoms with E-state index in [2.05, 4.69) is 34.9 Å². The topological polar surface area (TPSA) is 108 Å². The van der Waals surface area contributed by atoms with E-state index in [0.29, 0.717) is 31.8 Å². The molecule has 2 amide bonds. The summed E-state index contributed by atoms with van der Waals surface area (Å²) in [4.78, 5) is 40.2. The van der Waals surface area contributed by atoms with E-state index < -0.39 is 18.1 Å². The number of nitrogens with one attached hydrogen (secondary N) is 2. The first kappa shape index (κ1) is 28.0. The van der Waals surface area contributed by atoms with Crippen molar-refractivity contribution in [3.8, 4) is 11.1 Å². The SMILES string of the molecule is CN(Cc1ccccc1)CC(NC(=O)OCC1c2ccccc2-c2ccccc21)C(=O)N[C@H]1C[C@H]2CC(C(=O)O)C[C@H]21. The zero-order chi connectivity index (χ0) is 29.2. The molecule has 0 saturated heterocycles. The van der Waals surface area contributed by atoms with Crippen LogP contribution < -0.4 is 10.6 Å². The lowest BCUT2D eigenvalue weighted by molar-refractivity contribution is -0.141. The van der Waals surface area contributed by atoms with Gasteiger partial charge in [-0.3, -0.25) is 14.5 Å². The Balaban J connectivity index is 1.11. The molecule has 8 heteroatoms. The van der Waals surface area contributed by atoms with Crippen LogP contribution >= 0.6 is 0 Å². The number of aliphatic carboxylic acids is 1. The number of alkyl carbamates (subject to hydrolysis) is 1. The van der Waals surface area contributed by atoms with Crippen molar-refractivity contribution < 1.29 is 24.2 Å². The molecule has 2 unspecified atom stereocenters. The lowest BCUT2D eigenvalue weighted by Crippen LogP contribution is -2.58. The third-order valence-corrected chi connectivity index (χ3v) is 9.24. The average molecular weight is 568 g/mol. The van der Waals surface area contributed by atoms with Crippen LogP contribution in [0.15, 0.2) is 78.9 Å².